The van der Waals surface area contributed by atoms with Gasteiger partial charge in [-0.05, 0) is 24.2 Å². The van der Waals surface area contributed by atoms with Crippen molar-refractivity contribution in [3.63, 3.8) is 0 Å². The summed E-state index contributed by atoms with van der Waals surface area (Å²) in [5.74, 6) is -0.564. The molecule has 0 spiro atoms. The van der Waals surface area contributed by atoms with Crippen LogP contribution in [0.4, 0.5) is 4.39 Å². The summed E-state index contributed by atoms with van der Waals surface area (Å²) in [5, 5.41) is 3.08. The highest BCUT2D eigenvalue weighted by Gasteiger charge is 2.05. The van der Waals surface area contributed by atoms with Crippen LogP contribution < -0.4 is 10.1 Å². The number of methoxy groups -OCH3 is 1. The molecule has 0 aliphatic heterocycles. The first kappa shape index (κ1) is 13.4. The molecule has 94 valence electrons. The van der Waals surface area contributed by atoms with Crippen LogP contribution in [0.25, 0.3) is 0 Å². The van der Waals surface area contributed by atoms with Crippen molar-refractivity contribution in [2.75, 3.05) is 20.3 Å². The third-order valence-electron chi connectivity index (χ3n) is 2.09. The molecule has 0 unspecified atom stereocenters. The van der Waals surface area contributed by atoms with E-state index in [-0.39, 0.29) is 12.4 Å². The van der Waals surface area contributed by atoms with E-state index in [0.717, 1.165) is 12.1 Å². The molecule has 1 aromatic carbocycles. The van der Waals surface area contributed by atoms with Crippen LogP contribution in [0.3, 0.4) is 0 Å². The SMILES string of the molecule is CCNCc1cc(F)cc(OCC(=O)OC)c1. The van der Waals surface area contributed by atoms with Crippen LogP contribution in [0.15, 0.2) is 18.2 Å². The van der Waals surface area contributed by atoms with Gasteiger partial charge in [0.2, 0.25) is 0 Å². The second kappa shape index (κ2) is 6.85. The second-order valence-electron chi connectivity index (χ2n) is 3.44. The highest BCUT2D eigenvalue weighted by molar-refractivity contribution is 5.70. The Hall–Kier alpha value is -1.62. The molecule has 1 aromatic rings. The van der Waals surface area contributed by atoms with Crippen molar-refractivity contribution in [2.24, 2.45) is 0 Å². The van der Waals surface area contributed by atoms with Gasteiger partial charge < -0.3 is 14.8 Å². The van der Waals surface area contributed by atoms with Crippen LogP contribution in [-0.4, -0.2) is 26.2 Å². The van der Waals surface area contributed by atoms with Crippen LogP contribution in [0.1, 0.15) is 12.5 Å². The molecule has 0 saturated heterocycles. The number of benzene rings is 1. The van der Waals surface area contributed by atoms with E-state index in [1.165, 1.54) is 19.2 Å². The van der Waals surface area contributed by atoms with Gasteiger partial charge in [0, 0.05) is 12.6 Å². The molecule has 0 heterocycles. The Bertz CT molecular complexity index is 382. The standard InChI is InChI=1S/C12H16FNO3/c1-3-14-7-9-4-10(13)6-11(5-9)17-8-12(15)16-2/h4-6,14H,3,7-8H2,1-2H3. The molecule has 0 saturated carbocycles. The lowest BCUT2D eigenvalue weighted by molar-refractivity contribution is -0.142. The number of rotatable bonds is 6. The smallest absolute Gasteiger partial charge is 0.343 e. The number of ether oxygens (including phenoxy) is 2. The maximum Gasteiger partial charge on any atom is 0.343 e. The van der Waals surface area contributed by atoms with E-state index in [1.54, 1.807) is 6.07 Å². The zero-order valence-electron chi connectivity index (χ0n) is 9.96. The van der Waals surface area contributed by atoms with Gasteiger partial charge in [0.15, 0.2) is 6.61 Å². The number of nitrogens with one attached hydrogen (secondary N) is 1. The molecule has 5 heteroatoms. The number of carbonyl (C=O) groups excluding carboxylic acids is 1. The predicted molar refractivity (Wildman–Crippen MR) is 61.3 cm³/mol. The molecular weight excluding hydrogens is 225 g/mol. The number of esters is 1. The maximum atomic E-state index is 13.2. The summed E-state index contributed by atoms with van der Waals surface area (Å²) >= 11 is 0. The zero-order chi connectivity index (χ0) is 12.7. The van der Waals surface area contributed by atoms with Crippen molar-refractivity contribution in [2.45, 2.75) is 13.5 Å². The Balaban J connectivity index is 2.65. The van der Waals surface area contributed by atoms with E-state index < -0.39 is 5.97 Å². The zero-order valence-corrected chi connectivity index (χ0v) is 9.96. The molecule has 0 aromatic heterocycles. The lowest BCUT2D eigenvalue weighted by atomic mass is 10.2. The topological polar surface area (TPSA) is 47.6 Å². The number of carbonyl (C=O) groups is 1. The highest BCUT2D eigenvalue weighted by atomic mass is 19.1. The van der Waals surface area contributed by atoms with Gasteiger partial charge in [-0.25, -0.2) is 9.18 Å². The van der Waals surface area contributed by atoms with E-state index in [4.69, 9.17) is 4.74 Å². The normalized spacial score (nSPS) is 10.1. The molecule has 0 aliphatic rings. The Morgan fingerprint density at radius 3 is 2.82 bits per heavy atom. The Morgan fingerprint density at radius 1 is 1.41 bits per heavy atom. The van der Waals surface area contributed by atoms with Crippen LogP contribution in [0.5, 0.6) is 5.75 Å². The van der Waals surface area contributed by atoms with E-state index in [0.29, 0.717) is 12.3 Å². The van der Waals surface area contributed by atoms with Crippen molar-refractivity contribution in [1.29, 1.82) is 0 Å². The molecule has 1 N–H and O–H groups in total. The first-order chi connectivity index (χ1) is 8.15. The van der Waals surface area contributed by atoms with Gasteiger partial charge >= 0.3 is 5.97 Å². The monoisotopic (exact) mass is 241 g/mol. The summed E-state index contributed by atoms with van der Waals surface area (Å²) in [6.45, 7) is 3.10. The van der Waals surface area contributed by atoms with Gasteiger partial charge in [-0.1, -0.05) is 6.92 Å². The van der Waals surface area contributed by atoms with Crippen LogP contribution >= 0.6 is 0 Å². The largest absolute Gasteiger partial charge is 0.482 e. The van der Waals surface area contributed by atoms with Gasteiger partial charge in [-0.2, -0.15) is 0 Å². The van der Waals surface area contributed by atoms with Crippen LogP contribution in [-0.2, 0) is 16.1 Å². The second-order valence-corrected chi connectivity index (χ2v) is 3.44. The Kier molecular flexibility index (Phi) is 5.42. The molecule has 0 radical (unpaired) electrons. The van der Waals surface area contributed by atoms with Gasteiger partial charge in [0.1, 0.15) is 11.6 Å². The minimum Gasteiger partial charge on any atom is -0.482 e. The first-order valence-corrected chi connectivity index (χ1v) is 5.35. The molecule has 4 nitrogen and oxygen atoms in total. The molecule has 0 bridgehead atoms. The molecule has 0 aliphatic carbocycles. The van der Waals surface area contributed by atoms with Gasteiger partial charge in [-0.3, -0.25) is 0 Å². The summed E-state index contributed by atoms with van der Waals surface area (Å²) in [4.78, 5) is 10.9. The van der Waals surface area contributed by atoms with Crippen molar-refractivity contribution < 1.29 is 18.7 Å². The fraction of sp³-hybridized carbons (Fsp3) is 0.417. The van der Waals surface area contributed by atoms with E-state index in [9.17, 15) is 9.18 Å². The van der Waals surface area contributed by atoms with Gasteiger partial charge in [0.25, 0.3) is 0 Å². The fourth-order valence-corrected chi connectivity index (χ4v) is 1.28. The predicted octanol–water partition coefficient (Wildman–Crippen LogP) is 1.49. The summed E-state index contributed by atoms with van der Waals surface area (Å²) in [6.07, 6.45) is 0. The van der Waals surface area contributed by atoms with Gasteiger partial charge in [-0.15, -0.1) is 0 Å². The van der Waals surface area contributed by atoms with Gasteiger partial charge in [0.05, 0.1) is 7.11 Å². The van der Waals surface area contributed by atoms with Crippen molar-refractivity contribution in [3.05, 3.63) is 29.6 Å². The summed E-state index contributed by atoms with van der Waals surface area (Å²) in [7, 11) is 1.27. The van der Waals surface area contributed by atoms with Crippen molar-refractivity contribution in [1.82, 2.24) is 5.32 Å². The third-order valence-corrected chi connectivity index (χ3v) is 2.09. The number of hydrogen-bond donors (Lipinski definition) is 1. The molecule has 17 heavy (non-hydrogen) atoms. The van der Waals surface area contributed by atoms with Crippen molar-refractivity contribution in [3.8, 4) is 5.75 Å². The maximum absolute atomic E-state index is 13.2. The van der Waals surface area contributed by atoms with E-state index >= 15 is 0 Å². The molecule has 0 amide bonds. The van der Waals surface area contributed by atoms with Crippen LogP contribution in [0.2, 0.25) is 0 Å². The quantitative estimate of drug-likeness (QED) is 0.766. The minimum absolute atomic E-state index is 0.222. The summed E-state index contributed by atoms with van der Waals surface area (Å²) in [5.41, 5.74) is 0.770. The highest BCUT2D eigenvalue weighted by Crippen LogP contribution is 2.16. The minimum atomic E-state index is -0.498. The Labute approximate surface area is 99.7 Å². The lowest BCUT2D eigenvalue weighted by Crippen LogP contribution is -2.14. The molecular formula is C12H16FNO3. The summed E-state index contributed by atoms with van der Waals surface area (Å²) in [6, 6.07) is 4.35. The number of halogens is 1. The lowest BCUT2D eigenvalue weighted by Gasteiger charge is -2.08. The summed E-state index contributed by atoms with van der Waals surface area (Å²) < 4.78 is 22.8. The first-order valence-electron chi connectivity index (χ1n) is 5.35. The van der Waals surface area contributed by atoms with Crippen molar-refractivity contribution >= 4 is 5.97 Å². The average Bonchev–Trinajstić information content (AvgIpc) is 2.32. The van der Waals surface area contributed by atoms with E-state index in [2.05, 4.69) is 10.1 Å². The molecule has 1 rings (SSSR count). The van der Waals surface area contributed by atoms with E-state index in [1.807, 2.05) is 6.92 Å². The molecule has 0 atom stereocenters. The average molecular weight is 241 g/mol. The molecule has 0 fully saturated rings. The fourth-order valence-electron chi connectivity index (χ4n) is 1.28. The third kappa shape index (κ3) is 4.82. The number of hydrogen-bond acceptors (Lipinski definition) is 4. The Morgan fingerprint density at radius 2 is 2.18 bits per heavy atom. The van der Waals surface area contributed by atoms with Crippen LogP contribution in [0, 0.1) is 5.82 Å².